The van der Waals surface area contributed by atoms with Crippen LogP contribution in [-0.4, -0.2) is 62.3 Å². The van der Waals surface area contributed by atoms with Crippen molar-refractivity contribution >= 4 is 11.8 Å². The maximum absolute atomic E-state index is 12.0. The molecule has 0 saturated carbocycles. The maximum Gasteiger partial charge on any atom is 0.222 e. The van der Waals surface area contributed by atoms with Gasteiger partial charge in [-0.1, -0.05) is 0 Å². The van der Waals surface area contributed by atoms with Crippen molar-refractivity contribution in [3.05, 3.63) is 0 Å². The highest BCUT2D eigenvalue weighted by atomic mass is 16.5. The average Bonchev–Trinajstić information content (AvgIpc) is 2.47. The number of methoxy groups -OCH3 is 1. The van der Waals surface area contributed by atoms with Gasteiger partial charge < -0.3 is 19.7 Å². The number of hydrogen-bond donors (Lipinski definition) is 1. The fraction of sp³-hybridized carbons (Fsp3) is 0.857. The van der Waals surface area contributed by atoms with E-state index in [2.05, 4.69) is 5.32 Å². The second-order valence-electron chi connectivity index (χ2n) is 5.40. The van der Waals surface area contributed by atoms with Crippen LogP contribution in [0.3, 0.4) is 0 Å². The van der Waals surface area contributed by atoms with Gasteiger partial charge in [0.25, 0.3) is 0 Å². The molecule has 1 N–H and O–H groups in total. The van der Waals surface area contributed by atoms with E-state index in [9.17, 15) is 9.59 Å². The standard InChI is InChI=1S/C14H24N2O4/c1-19-12-10-20-9-6-11(12)15-13(17)5-8-16-7-3-2-4-14(16)18/h11-12H,2-10H2,1H3,(H,15,17)/t11-,12-/m0/s1. The third-order valence-electron chi connectivity index (χ3n) is 3.98. The molecule has 0 radical (unpaired) electrons. The molecule has 2 aliphatic heterocycles. The minimum Gasteiger partial charge on any atom is -0.379 e. The highest BCUT2D eigenvalue weighted by Gasteiger charge is 2.27. The molecule has 2 saturated heterocycles. The Hall–Kier alpha value is -1.14. The molecule has 114 valence electrons. The van der Waals surface area contributed by atoms with Crippen molar-refractivity contribution in [2.75, 3.05) is 33.4 Å². The Bertz CT molecular complexity index is 348. The van der Waals surface area contributed by atoms with E-state index >= 15 is 0 Å². The summed E-state index contributed by atoms with van der Waals surface area (Å²) in [5, 5.41) is 2.99. The number of hydrogen-bond acceptors (Lipinski definition) is 4. The Morgan fingerprint density at radius 1 is 1.50 bits per heavy atom. The first-order valence-corrected chi connectivity index (χ1v) is 7.38. The van der Waals surface area contributed by atoms with E-state index in [1.165, 1.54) is 0 Å². The van der Waals surface area contributed by atoms with Crippen molar-refractivity contribution in [3.63, 3.8) is 0 Å². The largest absolute Gasteiger partial charge is 0.379 e. The van der Waals surface area contributed by atoms with E-state index in [-0.39, 0.29) is 24.0 Å². The Labute approximate surface area is 119 Å². The van der Waals surface area contributed by atoms with Crippen molar-refractivity contribution in [1.29, 1.82) is 0 Å². The Morgan fingerprint density at radius 3 is 3.10 bits per heavy atom. The summed E-state index contributed by atoms with van der Waals surface area (Å²) in [4.78, 5) is 25.4. The van der Waals surface area contributed by atoms with Crippen LogP contribution in [0.25, 0.3) is 0 Å². The molecule has 0 aromatic rings. The monoisotopic (exact) mass is 284 g/mol. The van der Waals surface area contributed by atoms with Gasteiger partial charge in [0.05, 0.1) is 12.6 Å². The van der Waals surface area contributed by atoms with Crippen molar-refractivity contribution < 1.29 is 19.1 Å². The Balaban J connectivity index is 1.72. The third kappa shape index (κ3) is 4.18. The van der Waals surface area contributed by atoms with Crippen LogP contribution in [0, 0.1) is 0 Å². The maximum atomic E-state index is 12.0. The summed E-state index contributed by atoms with van der Waals surface area (Å²) < 4.78 is 10.6. The van der Waals surface area contributed by atoms with Crippen molar-refractivity contribution in [2.45, 2.75) is 44.2 Å². The average molecular weight is 284 g/mol. The topological polar surface area (TPSA) is 67.9 Å². The van der Waals surface area contributed by atoms with E-state index in [1.807, 2.05) is 0 Å². The van der Waals surface area contributed by atoms with Crippen LogP contribution in [-0.2, 0) is 19.1 Å². The van der Waals surface area contributed by atoms with Crippen LogP contribution >= 0.6 is 0 Å². The van der Waals surface area contributed by atoms with Crippen LogP contribution in [0.15, 0.2) is 0 Å². The molecular weight excluding hydrogens is 260 g/mol. The molecule has 0 spiro atoms. The molecule has 2 fully saturated rings. The number of amides is 2. The molecule has 6 heteroatoms. The van der Waals surface area contributed by atoms with Gasteiger partial charge in [-0.25, -0.2) is 0 Å². The van der Waals surface area contributed by atoms with Gasteiger partial charge in [-0.2, -0.15) is 0 Å². The fourth-order valence-electron chi connectivity index (χ4n) is 2.72. The fourth-order valence-corrected chi connectivity index (χ4v) is 2.72. The van der Waals surface area contributed by atoms with E-state index in [0.29, 0.717) is 32.6 Å². The molecule has 0 aliphatic carbocycles. The molecule has 20 heavy (non-hydrogen) atoms. The summed E-state index contributed by atoms with van der Waals surface area (Å²) in [7, 11) is 1.63. The Morgan fingerprint density at radius 2 is 2.35 bits per heavy atom. The molecule has 2 atom stereocenters. The lowest BCUT2D eigenvalue weighted by atomic mass is 10.1. The predicted molar refractivity (Wildman–Crippen MR) is 73.2 cm³/mol. The molecule has 2 aliphatic rings. The van der Waals surface area contributed by atoms with Crippen molar-refractivity contribution in [1.82, 2.24) is 10.2 Å². The number of carbonyl (C=O) groups is 2. The van der Waals surface area contributed by atoms with Gasteiger partial charge in [-0.15, -0.1) is 0 Å². The van der Waals surface area contributed by atoms with Crippen LogP contribution in [0.5, 0.6) is 0 Å². The number of ether oxygens (including phenoxy) is 2. The number of likely N-dealkylation sites (tertiary alicyclic amines) is 1. The first kappa shape index (κ1) is 15.3. The van der Waals surface area contributed by atoms with Crippen molar-refractivity contribution in [3.8, 4) is 0 Å². The molecule has 0 bridgehead atoms. The first-order chi connectivity index (χ1) is 9.70. The summed E-state index contributed by atoms with van der Waals surface area (Å²) >= 11 is 0. The molecule has 6 nitrogen and oxygen atoms in total. The zero-order chi connectivity index (χ0) is 14.4. The second kappa shape index (κ2) is 7.59. The lowest BCUT2D eigenvalue weighted by Gasteiger charge is -2.31. The number of piperidine rings is 1. The van der Waals surface area contributed by atoms with E-state index in [1.54, 1.807) is 12.0 Å². The molecule has 0 unspecified atom stereocenters. The van der Waals surface area contributed by atoms with E-state index in [0.717, 1.165) is 25.8 Å². The van der Waals surface area contributed by atoms with E-state index in [4.69, 9.17) is 9.47 Å². The van der Waals surface area contributed by atoms with Gasteiger partial charge in [0, 0.05) is 39.6 Å². The molecule has 2 amide bonds. The quantitative estimate of drug-likeness (QED) is 0.789. The summed E-state index contributed by atoms with van der Waals surface area (Å²) in [6, 6.07) is 0.0123. The predicted octanol–water partition coefficient (Wildman–Crippen LogP) is 0.309. The minimum atomic E-state index is -0.0793. The summed E-state index contributed by atoms with van der Waals surface area (Å²) in [6.07, 6.45) is 3.68. The van der Waals surface area contributed by atoms with Crippen LogP contribution in [0.4, 0.5) is 0 Å². The number of rotatable bonds is 5. The molecular formula is C14H24N2O4. The number of nitrogens with one attached hydrogen (secondary N) is 1. The van der Waals surface area contributed by atoms with E-state index < -0.39 is 0 Å². The molecule has 0 aromatic carbocycles. The van der Waals surface area contributed by atoms with Gasteiger partial charge in [-0.3, -0.25) is 9.59 Å². The highest BCUT2D eigenvalue weighted by Crippen LogP contribution is 2.12. The molecule has 2 heterocycles. The third-order valence-corrected chi connectivity index (χ3v) is 3.98. The second-order valence-corrected chi connectivity index (χ2v) is 5.40. The summed E-state index contributed by atoms with van der Waals surface area (Å²) in [6.45, 7) is 2.47. The highest BCUT2D eigenvalue weighted by molar-refractivity contribution is 5.79. The van der Waals surface area contributed by atoms with Crippen LogP contribution in [0.1, 0.15) is 32.1 Å². The lowest BCUT2D eigenvalue weighted by molar-refractivity contribution is -0.134. The normalized spacial score (nSPS) is 27.4. The van der Waals surface area contributed by atoms with Gasteiger partial charge in [0.2, 0.25) is 11.8 Å². The SMILES string of the molecule is CO[C@H]1COCC[C@@H]1NC(=O)CCN1CCCCC1=O. The van der Waals surface area contributed by atoms with Gasteiger partial charge in [0.1, 0.15) is 6.10 Å². The Kier molecular flexibility index (Phi) is 5.79. The zero-order valence-corrected chi connectivity index (χ0v) is 12.1. The number of nitrogens with zero attached hydrogens (tertiary/aromatic N) is 1. The van der Waals surface area contributed by atoms with Crippen molar-refractivity contribution in [2.24, 2.45) is 0 Å². The van der Waals surface area contributed by atoms with Crippen LogP contribution < -0.4 is 5.32 Å². The lowest BCUT2D eigenvalue weighted by Crippen LogP contribution is -2.50. The summed E-state index contributed by atoms with van der Waals surface area (Å²) in [5.41, 5.74) is 0. The molecule has 2 rings (SSSR count). The molecule has 0 aromatic heterocycles. The van der Waals surface area contributed by atoms with Crippen LogP contribution in [0.2, 0.25) is 0 Å². The smallest absolute Gasteiger partial charge is 0.222 e. The number of carbonyl (C=O) groups excluding carboxylic acids is 2. The zero-order valence-electron chi connectivity index (χ0n) is 12.1. The van der Waals surface area contributed by atoms with Gasteiger partial charge in [0.15, 0.2) is 0 Å². The van der Waals surface area contributed by atoms with Gasteiger partial charge >= 0.3 is 0 Å². The minimum absolute atomic E-state index is 0.0123. The summed E-state index contributed by atoms with van der Waals surface area (Å²) in [5.74, 6) is 0.155. The first-order valence-electron chi connectivity index (χ1n) is 7.38. The van der Waals surface area contributed by atoms with Gasteiger partial charge in [-0.05, 0) is 19.3 Å².